The fourth-order valence-corrected chi connectivity index (χ4v) is 4.24. The monoisotopic (exact) mass is 439 g/mol. The van der Waals surface area contributed by atoms with Crippen LogP contribution < -0.4 is 15.5 Å². The lowest BCUT2D eigenvalue weighted by molar-refractivity contribution is -0.144. The first-order valence-electron chi connectivity index (χ1n) is 10.7. The summed E-state index contributed by atoms with van der Waals surface area (Å²) >= 11 is 0. The molecule has 2 aromatic rings. The minimum atomic E-state index is -0.844. The van der Waals surface area contributed by atoms with E-state index in [1.165, 1.54) is 0 Å². The van der Waals surface area contributed by atoms with Crippen LogP contribution in [0.4, 0.5) is 5.69 Å². The number of nitrogens with zero attached hydrogens (tertiary/aromatic N) is 1. The predicted molar refractivity (Wildman–Crippen MR) is 119 cm³/mol. The number of benzene rings is 2. The van der Waals surface area contributed by atoms with E-state index in [9.17, 15) is 19.6 Å². The highest BCUT2D eigenvalue weighted by molar-refractivity contribution is 5.99. The average molecular weight is 440 g/mol. The SMILES string of the molecule is CC[C@H](C(=O)NO)C(C(=O)N1CCC[C@H]1C(=O)Nc1ccccc1)c1ccc(OC)cc1. The maximum Gasteiger partial charge on any atom is 0.247 e. The summed E-state index contributed by atoms with van der Waals surface area (Å²) in [6.07, 6.45) is 1.57. The largest absolute Gasteiger partial charge is 0.497 e. The number of likely N-dealkylation sites (tertiary alicyclic amines) is 1. The summed E-state index contributed by atoms with van der Waals surface area (Å²) in [5.74, 6) is -2.21. The third kappa shape index (κ3) is 5.08. The second-order valence-electron chi connectivity index (χ2n) is 7.79. The number of methoxy groups -OCH3 is 1. The smallest absolute Gasteiger partial charge is 0.247 e. The van der Waals surface area contributed by atoms with Crippen molar-refractivity contribution >= 4 is 23.4 Å². The molecule has 0 radical (unpaired) electrons. The van der Waals surface area contributed by atoms with E-state index in [0.717, 1.165) is 0 Å². The van der Waals surface area contributed by atoms with Crippen LogP contribution in [-0.4, -0.2) is 47.5 Å². The fraction of sp³-hybridized carbons (Fsp3) is 0.375. The summed E-state index contributed by atoms with van der Waals surface area (Å²) in [5, 5.41) is 12.1. The molecule has 32 heavy (non-hydrogen) atoms. The van der Waals surface area contributed by atoms with Crippen LogP contribution in [-0.2, 0) is 14.4 Å². The van der Waals surface area contributed by atoms with Crippen molar-refractivity contribution in [2.75, 3.05) is 19.0 Å². The molecule has 0 spiro atoms. The van der Waals surface area contributed by atoms with Gasteiger partial charge in [-0.1, -0.05) is 37.3 Å². The minimum absolute atomic E-state index is 0.254. The molecule has 2 aromatic carbocycles. The van der Waals surface area contributed by atoms with Gasteiger partial charge in [-0.05, 0) is 49.1 Å². The number of hydrogen-bond donors (Lipinski definition) is 3. The van der Waals surface area contributed by atoms with Gasteiger partial charge in [0.2, 0.25) is 17.7 Å². The van der Waals surface area contributed by atoms with E-state index in [2.05, 4.69) is 5.32 Å². The zero-order chi connectivity index (χ0) is 23.1. The predicted octanol–water partition coefficient (Wildman–Crippen LogP) is 2.94. The van der Waals surface area contributed by atoms with Crippen molar-refractivity contribution < 1.29 is 24.3 Å². The Morgan fingerprint density at radius 1 is 1.12 bits per heavy atom. The molecule has 170 valence electrons. The summed E-state index contributed by atoms with van der Waals surface area (Å²) in [6.45, 7) is 2.21. The van der Waals surface area contributed by atoms with Crippen molar-refractivity contribution in [1.82, 2.24) is 10.4 Å². The second kappa shape index (κ2) is 10.8. The Balaban J connectivity index is 1.89. The summed E-state index contributed by atoms with van der Waals surface area (Å²) in [5.41, 5.74) is 2.97. The first kappa shape index (κ1) is 23.3. The number of carbonyl (C=O) groups is 3. The van der Waals surface area contributed by atoms with Gasteiger partial charge in [0.1, 0.15) is 11.8 Å². The van der Waals surface area contributed by atoms with Gasteiger partial charge in [-0.2, -0.15) is 0 Å². The molecule has 3 amide bonds. The van der Waals surface area contributed by atoms with E-state index in [1.807, 2.05) is 18.2 Å². The van der Waals surface area contributed by atoms with Gasteiger partial charge in [0.05, 0.1) is 18.9 Å². The molecule has 8 heteroatoms. The van der Waals surface area contributed by atoms with Crippen molar-refractivity contribution in [2.45, 2.75) is 38.1 Å². The molecular formula is C24H29N3O5. The van der Waals surface area contributed by atoms with E-state index in [0.29, 0.717) is 42.8 Å². The van der Waals surface area contributed by atoms with Crippen molar-refractivity contribution in [2.24, 2.45) is 5.92 Å². The molecule has 8 nitrogen and oxygen atoms in total. The van der Waals surface area contributed by atoms with E-state index >= 15 is 0 Å². The highest BCUT2D eigenvalue weighted by atomic mass is 16.5. The summed E-state index contributed by atoms with van der Waals surface area (Å²) < 4.78 is 5.20. The Hall–Kier alpha value is -3.39. The van der Waals surface area contributed by atoms with Gasteiger partial charge < -0.3 is 15.0 Å². The first-order valence-corrected chi connectivity index (χ1v) is 10.7. The quantitative estimate of drug-likeness (QED) is 0.433. The maximum absolute atomic E-state index is 13.7. The number of para-hydroxylation sites is 1. The lowest BCUT2D eigenvalue weighted by Crippen LogP contribution is -2.48. The Kier molecular flexibility index (Phi) is 7.83. The van der Waals surface area contributed by atoms with Crippen LogP contribution in [0.15, 0.2) is 54.6 Å². The van der Waals surface area contributed by atoms with E-state index < -0.39 is 23.8 Å². The van der Waals surface area contributed by atoms with Crippen LogP contribution in [0, 0.1) is 5.92 Å². The van der Waals surface area contributed by atoms with Gasteiger partial charge in [0.25, 0.3) is 0 Å². The average Bonchev–Trinajstić information content (AvgIpc) is 3.32. The van der Waals surface area contributed by atoms with E-state index in [1.54, 1.807) is 60.8 Å². The van der Waals surface area contributed by atoms with Crippen LogP contribution in [0.1, 0.15) is 37.7 Å². The Morgan fingerprint density at radius 3 is 2.41 bits per heavy atom. The van der Waals surface area contributed by atoms with Gasteiger partial charge in [-0.3, -0.25) is 19.6 Å². The molecule has 0 aromatic heterocycles. The molecule has 3 N–H and O–H groups in total. The molecular weight excluding hydrogens is 410 g/mol. The highest BCUT2D eigenvalue weighted by Crippen LogP contribution is 2.33. The summed E-state index contributed by atoms with van der Waals surface area (Å²) in [7, 11) is 1.55. The molecule has 1 saturated heterocycles. The first-order chi connectivity index (χ1) is 15.5. The number of hydrogen-bond acceptors (Lipinski definition) is 5. The molecule has 1 aliphatic heterocycles. The molecule has 1 aliphatic rings. The molecule has 3 atom stereocenters. The normalized spacial score (nSPS) is 17.3. The molecule has 1 fully saturated rings. The van der Waals surface area contributed by atoms with Gasteiger partial charge >= 0.3 is 0 Å². The number of carbonyl (C=O) groups excluding carboxylic acids is 3. The van der Waals surface area contributed by atoms with E-state index in [4.69, 9.17) is 4.74 Å². The molecule has 3 rings (SSSR count). The zero-order valence-electron chi connectivity index (χ0n) is 18.3. The second-order valence-corrected chi connectivity index (χ2v) is 7.79. The van der Waals surface area contributed by atoms with Crippen LogP contribution in [0.3, 0.4) is 0 Å². The molecule has 1 heterocycles. The Labute approximate surface area is 187 Å². The summed E-state index contributed by atoms with van der Waals surface area (Å²) in [6, 6.07) is 15.4. The van der Waals surface area contributed by atoms with Gasteiger partial charge in [-0.15, -0.1) is 0 Å². The summed E-state index contributed by atoms with van der Waals surface area (Å²) in [4.78, 5) is 40.7. The maximum atomic E-state index is 13.7. The van der Waals surface area contributed by atoms with Crippen LogP contribution >= 0.6 is 0 Å². The lowest BCUT2D eigenvalue weighted by Gasteiger charge is -2.31. The number of rotatable bonds is 8. The van der Waals surface area contributed by atoms with E-state index in [-0.39, 0.29) is 11.8 Å². The van der Waals surface area contributed by atoms with Crippen molar-refractivity contribution in [3.8, 4) is 5.75 Å². The van der Waals surface area contributed by atoms with Crippen LogP contribution in [0.2, 0.25) is 0 Å². The Morgan fingerprint density at radius 2 is 1.81 bits per heavy atom. The molecule has 0 bridgehead atoms. The lowest BCUT2D eigenvalue weighted by atomic mass is 9.82. The van der Waals surface area contributed by atoms with Gasteiger partial charge in [0, 0.05) is 12.2 Å². The van der Waals surface area contributed by atoms with Crippen molar-refractivity contribution in [1.29, 1.82) is 0 Å². The molecule has 0 aliphatic carbocycles. The topological polar surface area (TPSA) is 108 Å². The van der Waals surface area contributed by atoms with Crippen molar-refractivity contribution in [3.63, 3.8) is 0 Å². The minimum Gasteiger partial charge on any atom is -0.497 e. The Bertz CT molecular complexity index is 932. The number of anilines is 1. The molecule has 0 saturated carbocycles. The van der Waals surface area contributed by atoms with Crippen LogP contribution in [0.25, 0.3) is 0 Å². The third-order valence-corrected chi connectivity index (χ3v) is 5.91. The molecule has 1 unspecified atom stereocenters. The zero-order valence-corrected chi connectivity index (χ0v) is 18.3. The number of ether oxygens (including phenoxy) is 1. The van der Waals surface area contributed by atoms with Crippen molar-refractivity contribution in [3.05, 3.63) is 60.2 Å². The third-order valence-electron chi connectivity index (χ3n) is 5.91. The number of nitrogens with one attached hydrogen (secondary N) is 2. The van der Waals surface area contributed by atoms with Gasteiger partial charge in [-0.25, -0.2) is 5.48 Å². The van der Waals surface area contributed by atoms with Gasteiger partial charge in [0.15, 0.2) is 0 Å². The standard InChI is InChI=1S/C24H29N3O5/c1-3-19(22(28)26-31)21(16-11-13-18(32-2)14-12-16)24(30)27-15-7-10-20(27)23(29)25-17-8-5-4-6-9-17/h4-6,8-9,11-14,19-21,31H,3,7,10,15H2,1-2H3,(H,25,29)(H,26,28)/t19-,20-,21?/m0/s1. The number of amides is 3. The van der Waals surface area contributed by atoms with Crippen LogP contribution in [0.5, 0.6) is 5.75 Å². The number of hydroxylamine groups is 1. The highest BCUT2D eigenvalue weighted by Gasteiger charge is 2.42. The fourth-order valence-electron chi connectivity index (χ4n) is 4.24.